The highest BCUT2D eigenvalue weighted by Gasteiger charge is 2.33. The van der Waals surface area contributed by atoms with Crippen LogP contribution in [0.1, 0.15) is 36.6 Å². The summed E-state index contributed by atoms with van der Waals surface area (Å²) in [7, 11) is 0. The first-order chi connectivity index (χ1) is 20.1. The Morgan fingerprint density at radius 3 is 2.43 bits per heavy atom. The molecule has 1 aliphatic rings. The van der Waals surface area contributed by atoms with Crippen LogP contribution < -0.4 is 19.6 Å². The molecule has 0 N–H and O–H groups in total. The summed E-state index contributed by atoms with van der Waals surface area (Å²) < 4.78 is 28.8. The quantitative estimate of drug-likeness (QED) is 0.148. The maximum atomic E-state index is 13.8. The van der Waals surface area contributed by atoms with Gasteiger partial charge in [-0.25, -0.2) is 14.2 Å². The minimum absolute atomic E-state index is 0.167. The molecule has 1 aliphatic heterocycles. The zero-order valence-corrected chi connectivity index (χ0v) is 28.7. The van der Waals surface area contributed by atoms with Gasteiger partial charge in [-0.1, -0.05) is 52.7 Å². The second kappa shape index (κ2) is 13.2. The Morgan fingerprint density at radius 1 is 1.10 bits per heavy atom. The van der Waals surface area contributed by atoms with Crippen LogP contribution in [0.4, 0.5) is 4.39 Å². The molecular weight excluding hydrogens is 828 g/mol. The summed E-state index contributed by atoms with van der Waals surface area (Å²) in [4.78, 5) is 31.9. The lowest BCUT2D eigenvalue weighted by atomic mass is 9.96. The normalized spacial score (nSPS) is 14.9. The first-order valence-corrected chi connectivity index (χ1v) is 16.3. The number of carbonyl (C=O) groups excluding carboxylic acids is 1. The van der Waals surface area contributed by atoms with Gasteiger partial charge in [-0.2, -0.15) is 0 Å². The zero-order valence-electron chi connectivity index (χ0n) is 22.1. The summed E-state index contributed by atoms with van der Waals surface area (Å²) in [5.74, 6) is -0.270. The predicted octanol–water partition coefficient (Wildman–Crippen LogP) is 7.03. The minimum atomic E-state index is -0.805. The molecule has 5 rings (SSSR count). The maximum absolute atomic E-state index is 13.8. The SMILES string of the molecule is CCOC(=O)C1=C(C)N=c2sc(=Cc3cc(I)c(OCc4ccc(Cl)c(Cl)c4)c(I)c3)c(=O)n2C1c1ccc(F)cc1. The van der Waals surface area contributed by atoms with Crippen molar-refractivity contribution in [2.24, 2.45) is 4.99 Å². The number of carbonyl (C=O) groups is 1. The Kier molecular flexibility index (Phi) is 9.77. The third-order valence-electron chi connectivity index (χ3n) is 6.39. The fourth-order valence-electron chi connectivity index (χ4n) is 4.49. The highest BCUT2D eigenvalue weighted by atomic mass is 127. The zero-order chi connectivity index (χ0) is 30.1. The van der Waals surface area contributed by atoms with Crippen molar-refractivity contribution < 1.29 is 18.7 Å². The lowest BCUT2D eigenvalue weighted by Gasteiger charge is -2.24. The van der Waals surface area contributed by atoms with E-state index in [0.717, 1.165) is 18.3 Å². The van der Waals surface area contributed by atoms with Gasteiger partial charge in [0, 0.05) is 0 Å². The van der Waals surface area contributed by atoms with E-state index in [4.69, 9.17) is 32.7 Å². The predicted molar refractivity (Wildman–Crippen MR) is 179 cm³/mol. The van der Waals surface area contributed by atoms with E-state index in [1.54, 1.807) is 44.2 Å². The summed E-state index contributed by atoms with van der Waals surface area (Å²) in [6.45, 7) is 3.90. The van der Waals surface area contributed by atoms with Gasteiger partial charge in [-0.15, -0.1) is 0 Å². The van der Waals surface area contributed by atoms with Gasteiger partial charge in [-0.05, 0) is 118 Å². The van der Waals surface area contributed by atoms with E-state index < -0.39 is 17.8 Å². The number of halogens is 5. The highest BCUT2D eigenvalue weighted by Crippen LogP contribution is 2.32. The fourth-order valence-corrected chi connectivity index (χ4v) is 7.98. The number of nitrogens with zero attached hydrogens (tertiary/aromatic N) is 2. The fraction of sp³-hybridized carbons (Fsp3) is 0.167. The molecule has 1 unspecified atom stereocenters. The number of fused-ring (bicyclic) bond motifs is 1. The molecule has 2 heterocycles. The largest absolute Gasteiger partial charge is 0.487 e. The molecule has 3 aromatic carbocycles. The van der Waals surface area contributed by atoms with E-state index in [1.165, 1.54) is 28.0 Å². The molecule has 0 spiro atoms. The van der Waals surface area contributed by atoms with Gasteiger partial charge in [0.2, 0.25) is 0 Å². The molecule has 1 aromatic heterocycles. The van der Waals surface area contributed by atoms with Crippen molar-refractivity contribution in [2.75, 3.05) is 6.61 Å². The Labute approximate surface area is 281 Å². The minimum Gasteiger partial charge on any atom is -0.487 e. The number of hydrogen-bond acceptors (Lipinski definition) is 6. The van der Waals surface area contributed by atoms with Crippen molar-refractivity contribution in [3.63, 3.8) is 0 Å². The van der Waals surface area contributed by atoms with Crippen molar-refractivity contribution in [1.82, 2.24) is 4.57 Å². The van der Waals surface area contributed by atoms with Crippen LogP contribution in [-0.4, -0.2) is 17.1 Å². The van der Waals surface area contributed by atoms with Gasteiger partial charge in [-0.3, -0.25) is 9.36 Å². The van der Waals surface area contributed by atoms with Crippen LogP contribution in [0.2, 0.25) is 10.0 Å². The van der Waals surface area contributed by atoms with E-state index >= 15 is 0 Å². The molecule has 0 saturated carbocycles. The van der Waals surface area contributed by atoms with Crippen LogP contribution in [0.15, 0.2) is 75.7 Å². The van der Waals surface area contributed by atoms with E-state index in [-0.39, 0.29) is 17.7 Å². The molecule has 12 heteroatoms. The average Bonchev–Trinajstić information content (AvgIpc) is 3.24. The smallest absolute Gasteiger partial charge is 0.338 e. The van der Waals surface area contributed by atoms with Gasteiger partial charge in [0.15, 0.2) is 4.80 Å². The number of benzene rings is 3. The van der Waals surface area contributed by atoms with Crippen LogP contribution in [0, 0.1) is 13.0 Å². The summed E-state index contributed by atoms with van der Waals surface area (Å²) in [5, 5.41) is 0.945. The highest BCUT2D eigenvalue weighted by molar-refractivity contribution is 14.1. The molecule has 0 saturated heterocycles. The van der Waals surface area contributed by atoms with Gasteiger partial charge in [0.1, 0.15) is 18.2 Å². The summed E-state index contributed by atoms with van der Waals surface area (Å²) in [6.07, 6.45) is 1.79. The van der Waals surface area contributed by atoms with E-state index in [1.807, 2.05) is 18.2 Å². The van der Waals surface area contributed by atoms with Crippen LogP contribution in [0.25, 0.3) is 6.08 Å². The van der Waals surface area contributed by atoms with Crippen molar-refractivity contribution in [3.8, 4) is 5.75 Å². The van der Waals surface area contributed by atoms with E-state index in [9.17, 15) is 14.0 Å². The molecule has 4 aromatic rings. The van der Waals surface area contributed by atoms with Crippen molar-refractivity contribution >= 4 is 91.8 Å². The summed E-state index contributed by atoms with van der Waals surface area (Å²) in [6, 6.07) is 14.2. The van der Waals surface area contributed by atoms with Crippen molar-refractivity contribution in [1.29, 1.82) is 0 Å². The second-order valence-electron chi connectivity index (χ2n) is 9.20. The standard InChI is InChI=1S/C30H21Cl2FI2N2O4S/c1-3-40-29(39)25-15(2)36-30-37(26(25)18-5-7-19(33)8-6-18)28(38)24(42-30)13-17-11-22(34)27(23(35)12-17)41-14-16-4-9-20(31)21(32)10-16/h4-13,26H,3,14H2,1-2H3. The van der Waals surface area contributed by atoms with Gasteiger partial charge in [0.25, 0.3) is 5.56 Å². The molecule has 42 heavy (non-hydrogen) atoms. The Balaban J connectivity index is 1.54. The summed E-state index contributed by atoms with van der Waals surface area (Å²) >= 11 is 17.8. The Morgan fingerprint density at radius 2 is 1.79 bits per heavy atom. The first kappa shape index (κ1) is 31.2. The van der Waals surface area contributed by atoms with Gasteiger partial charge < -0.3 is 9.47 Å². The Hall–Kier alpha value is -2.26. The number of hydrogen-bond donors (Lipinski definition) is 0. The molecule has 6 nitrogen and oxygen atoms in total. The van der Waals surface area contributed by atoms with Crippen LogP contribution in [0.5, 0.6) is 5.75 Å². The Bertz CT molecular complexity index is 1900. The summed E-state index contributed by atoms with van der Waals surface area (Å²) in [5.41, 5.74) is 2.64. The molecule has 1 atom stereocenters. The molecule has 0 amide bonds. The van der Waals surface area contributed by atoms with Crippen LogP contribution in [-0.2, 0) is 16.1 Å². The number of esters is 1. The molecule has 0 radical (unpaired) electrons. The number of thiazole rings is 1. The van der Waals surface area contributed by atoms with E-state index in [0.29, 0.717) is 43.0 Å². The van der Waals surface area contributed by atoms with E-state index in [2.05, 4.69) is 50.2 Å². The van der Waals surface area contributed by atoms with Crippen molar-refractivity contribution in [2.45, 2.75) is 26.5 Å². The van der Waals surface area contributed by atoms with Crippen molar-refractivity contribution in [3.05, 3.63) is 125 Å². The molecule has 0 bridgehead atoms. The number of allylic oxidation sites excluding steroid dienone is 1. The molecule has 0 fully saturated rings. The lowest BCUT2D eigenvalue weighted by molar-refractivity contribution is -0.139. The van der Waals surface area contributed by atoms with Gasteiger partial charge >= 0.3 is 5.97 Å². The first-order valence-electron chi connectivity index (χ1n) is 12.6. The molecule has 0 aliphatic carbocycles. The lowest BCUT2D eigenvalue weighted by Crippen LogP contribution is -2.39. The van der Waals surface area contributed by atoms with Crippen LogP contribution in [0.3, 0.4) is 0 Å². The third-order valence-corrected chi connectivity index (χ3v) is 9.71. The second-order valence-corrected chi connectivity index (χ2v) is 13.4. The van der Waals surface area contributed by atoms with Crippen LogP contribution >= 0.6 is 79.7 Å². The number of rotatable bonds is 7. The number of ether oxygens (including phenoxy) is 2. The third kappa shape index (κ3) is 6.47. The number of aromatic nitrogens is 1. The maximum Gasteiger partial charge on any atom is 0.338 e. The average molecular weight is 849 g/mol. The van der Waals surface area contributed by atoms with Gasteiger partial charge in [0.05, 0.1) is 45.6 Å². The monoisotopic (exact) mass is 848 g/mol. The molecular formula is C30H21Cl2FI2N2O4S. The topological polar surface area (TPSA) is 69.9 Å². The molecule has 216 valence electrons.